The van der Waals surface area contributed by atoms with Crippen LogP contribution in [0.4, 0.5) is 0 Å². The lowest BCUT2D eigenvalue weighted by atomic mass is 10.2. The van der Waals surface area contributed by atoms with Crippen LogP contribution in [0.5, 0.6) is 0 Å². The molecule has 7 heteroatoms. The number of imidazole rings is 1. The van der Waals surface area contributed by atoms with Crippen LogP contribution in [0.25, 0.3) is 10.1 Å². The number of fused-ring (bicyclic) bond motifs is 1. The molecule has 3 aromatic rings. The van der Waals surface area contributed by atoms with Crippen LogP contribution < -0.4 is 5.32 Å². The summed E-state index contributed by atoms with van der Waals surface area (Å²) in [6.07, 6.45) is 4.98. The third-order valence-corrected chi connectivity index (χ3v) is 4.87. The predicted octanol–water partition coefficient (Wildman–Crippen LogP) is 3.10. The minimum Gasteiger partial charge on any atom is -0.464 e. The van der Waals surface area contributed by atoms with Gasteiger partial charge in [-0.25, -0.2) is 9.78 Å². The molecule has 2 heterocycles. The van der Waals surface area contributed by atoms with Crippen LogP contribution in [-0.4, -0.2) is 34.1 Å². The second-order valence-electron chi connectivity index (χ2n) is 6.46. The van der Waals surface area contributed by atoms with E-state index in [0.29, 0.717) is 11.5 Å². The minimum atomic E-state index is -0.777. The summed E-state index contributed by atoms with van der Waals surface area (Å²) in [5.41, 5.74) is 0. The van der Waals surface area contributed by atoms with E-state index in [-0.39, 0.29) is 18.4 Å². The molecule has 0 aliphatic rings. The number of thiophene rings is 1. The van der Waals surface area contributed by atoms with Gasteiger partial charge in [0.1, 0.15) is 6.04 Å². The van der Waals surface area contributed by atoms with Crippen molar-refractivity contribution >= 4 is 33.3 Å². The van der Waals surface area contributed by atoms with Crippen molar-refractivity contribution in [3.8, 4) is 0 Å². The Morgan fingerprint density at radius 2 is 2.12 bits per heavy atom. The Labute approximate surface area is 155 Å². The smallest absolute Gasteiger partial charge is 0.330 e. The van der Waals surface area contributed by atoms with Gasteiger partial charge in [0, 0.05) is 17.1 Å². The van der Waals surface area contributed by atoms with E-state index in [9.17, 15) is 9.59 Å². The number of hydrogen-bond donors (Lipinski definition) is 1. The van der Waals surface area contributed by atoms with Gasteiger partial charge in [-0.2, -0.15) is 0 Å². The van der Waals surface area contributed by atoms with Crippen LogP contribution in [0, 0.1) is 5.92 Å². The zero-order valence-corrected chi connectivity index (χ0v) is 15.5. The van der Waals surface area contributed by atoms with Crippen molar-refractivity contribution in [2.24, 2.45) is 5.92 Å². The van der Waals surface area contributed by atoms with Crippen molar-refractivity contribution in [2.75, 3.05) is 6.61 Å². The molecule has 0 aliphatic carbocycles. The maximum Gasteiger partial charge on any atom is 0.330 e. The molecule has 0 bridgehead atoms. The highest BCUT2D eigenvalue weighted by molar-refractivity contribution is 7.20. The van der Waals surface area contributed by atoms with Gasteiger partial charge in [-0.1, -0.05) is 32.0 Å². The number of benzene rings is 1. The van der Waals surface area contributed by atoms with Crippen molar-refractivity contribution in [1.82, 2.24) is 14.9 Å². The maximum absolute atomic E-state index is 12.7. The van der Waals surface area contributed by atoms with Gasteiger partial charge in [0.05, 0.1) is 24.4 Å². The van der Waals surface area contributed by atoms with Crippen LogP contribution >= 0.6 is 11.3 Å². The van der Waals surface area contributed by atoms with Gasteiger partial charge in [-0.05, 0) is 23.4 Å². The summed E-state index contributed by atoms with van der Waals surface area (Å²) in [6, 6.07) is 8.86. The second-order valence-corrected chi connectivity index (χ2v) is 7.54. The number of rotatable bonds is 7. The molecule has 0 aliphatic heterocycles. The average Bonchev–Trinajstić information content (AvgIpc) is 3.28. The van der Waals surface area contributed by atoms with Crippen molar-refractivity contribution < 1.29 is 14.3 Å². The number of ether oxygens (including phenoxy) is 1. The molecular formula is C19H21N3O3S. The number of nitrogens with zero attached hydrogens (tertiary/aromatic N) is 2. The molecule has 1 N–H and O–H groups in total. The lowest BCUT2D eigenvalue weighted by Crippen LogP contribution is -2.44. The van der Waals surface area contributed by atoms with Gasteiger partial charge in [0.15, 0.2) is 0 Å². The Kier molecular flexibility index (Phi) is 5.68. The quantitative estimate of drug-likeness (QED) is 0.648. The van der Waals surface area contributed by atoms with Crippen LogP contribution in [-0.2, 0) is 16.1 Å². The SMILES string of the molecule is CC(C)COC(=O)[C@H](Cn1ccnc1)NC(=O)c1cc2ccccc2s1. The van der Waals surface area contributed by atoms with E-state index in [4.69, 9.17) is 4.74 Å². The summed E-state index contributed by atoms with van der Waals surface area (Å²) >= 11 is 1.40. The van der Waals surface area contributed by atoms with Gasteiger partial charge in [-0.3, -0.25) is 4.79 Å². The average molecular weight is 371 g/mol. The standard InChI is InChI=1S/C19H21N3O3S/c1-13(2)11-25-19(24)15(10-22-8-7-20-12-22)21-18(23)17-9-14-5-3-4-6-16(14)26-17/h3-9,12-13,15H,10-11H2,1-2H3,(H,21,23)/t15-/m0/s1. The summed E-state index contributed by atoms with van der Waals surface area (Å²) in [7, 11) is 0. The topological polar surface area (TPSA) is 73.2 Å². The minimum absolute atomic E-state index is 0.228. The first kappa shape index (κ1) is 18.1. The highest BCUT2D eigenvalue weighted by Gasteiger charge is 2.24. The Bertz CT molecular complexity index is 853. The number of nitrogens with one attached hydrogen (secondary N) is 1. The van der Waals surface area contributed by atoms with Crippen molar-refractivity contribution in [3.63, 3.8) is 0 Å². The molecule has 0 saturated heterocycles. The van der Waals surface area contributed by atoms with Crippen LogP contribution in [0.15, 0.2) is 49.1 Å². The summed E-state index contributed by atoms with van der Waals surface area (Å²) in [4.78, 5) is 29.7. The number of carbonyl (C=O) groups is 2. The third kappa shape index (κ3) is 4.49. The van der Waals surface area contributed by atoms with Gasteiger partial charge >= 0.3 is 5.97 Å². The van der Waals surface area contributed by atoms with Gasteiger partial charge < -0.3 is 14.6 Å². The third-order valence-electron chi connectivity index (χ3n) is 3.75. The molecular weight excluding hydrogens is 350 g/mol. The van der Waals surface area contributed by atoms with Crippen LogP contribution in [0.3, 0.4) is 0 Å². The fourth-order valence-corrected chi connectivity index (χ4v) is 3.42. The van der Waals surface area contributed by atoms with Gasteiger partial charge in [0.2, 0.25) is 0 Å². The Balaban J connectivity index is 1.74. The summed E-state index contributed by atoms with van der Waals surface area (Å²) in [6.45, 7) is 4.52. The fraction of sp³-hybridized carbons (Fsp3) is 0.316. The van der Waals surface area contributed by atoms with E-state index in [1.165, 1.54) is 11.3 Å². The molecule has 1 amide bonds. The number of esters is 1. The zero-order valence-electron chi connectivity index (χ0n) is 14.7. The molecule has 3 rings (SSSR count). The maximum atomic E-state index is 12.7. The fourth-order valence-electron chi connectivity index (χ4n) is 2.46. The molecule has 1 aromatic carbocycles. The van der Waals surface area contributed by atoms with E-state index in [0.717, 1.165) is 10.1 Å². The molecule has 0 fully saturated rings. The first-order valence-electron chi connectivity index (χ1n) is 8.44. The monoisotopic (exact) mass is 371 g/mol. The molecule has 0 saturated carbocycles. The van der Waals surface area contributed by atoms with Crippen molar-refractivity contribution in [3.05, 3.63) is 53.9 Å². The largest absolute Gasteiger partial charge is 0.464 e. The molecule has 26 heavy (non-hydrogen) atoms. The van der Waals surface area contributed by atoms with Gasteiger partial charge in [0.25, 0.3) is 5.91 Å². The van der Waals surface area contributed by atoms with Crippen molar-refractivity contribution in [1.29, 1.82) is 0 Å². The normalized spacial score (nSPS) is 12.3. The van der Waals surface area contributed by atoms with Crippen LogP contribution in [0.1, 0.15) is 23.5 Å². The highest BCUT2D eigenvalue weighted by Crippen LogP contribution is 2.25. The first-order chi connectivity index (χ1) is 12.5. The lowest BCUT2D eigenvalue weighted by Gasteiger charge is -2.18. The number of aromatic nitrogens is 2. The molecule has 136 valence electrons. The van der Waals surface area contributed by atoms with E-state index in [2.05, 4.69) is 10.3 Å². The number of amides is 1. The van der Waals surface area contributed by atoms with E-state index in [1.807, 2.05) is 44.2 Å². The van der Waals surface area contributed by atoms with E-state index < -0.39 is 12.0 Å². The second kappa shape index (κ2) is 8.14. The summed E-state index contributed by atoms with van der Waals surface area (Å²) in [5, 5.41) is 3.81. The Hall–Kier alpha value is -2.67. The Morgan fingerprint density at radius 1 is 1.31 bits per heavy atom. The molecule has 0 spiro atoms. The number of carbonyl (C=O) groups excluding carboxylic acids is 2. The van der Waals surface area contributed by atoms with E-state index in [1.54, 1.807) is 23.3 Å². The van der Waals surface area contributed by atoms with E-state index >= 15 is 0 Å². The molecule has 2 aromatic heterocycles. The predicted molar refractivity (Wildman–Crippen MR) is 101 cm³/mol. The summed E-state index contributed by atoms with van der Waals surface area (Å²) in [5.74, 6) is -0.495. The Morgan fingerprint density at radius 3 is 2.81 bits per heavy atom. The summed E-state index contributed by atoms with van der Waals surface area (Å²) < 4.78 is 8.10. The van der Waals surface area contributed by atoms with Crippen LogP contribution in [0.2, 0.25) is 0 Å². The molecule has 0 unspecified atom stereocenters. The van der Waals surface area contributed by atoms with Gasteiger partial charge in [-0.15, -0.1) is 11.3 Å². The molecule has 1 atom stereocenters. The first-order valence-corrected chi connectivity index (χ1v) is 9.26. The lowest BCUT2D eigenvalue weighted by molar-refractivity contribution is -0.147. The number of hydrogen-bond acceptors (Lipinski definition) is 5. The zero-order chi connectivity index (χ0) is 18.5. The molecule has 6 nitrogen and oxygen atoms in total. The highest BCUT2D eigenvalue weighted by atomic mass is 32.1. The molecule has 0 radical (unpaired) electrons. The van der Waals surface area contributed by atoms with Crippen molar-refractivity contribution in [2.45, 2.75) is 26.4 Å².